The van der Waals surface area contributed by atoms with Gasteiger partial charge in [0.15, 0.2) is 0 Å². The van der Waals surface area contributed by atoms with Crippen LogP contribution in [0.25, 0.3) is 0 Å². The Balaban J connectivity index is 0. The largest absolute Gasteiger partial charge is 0.296 e. The van der Waals surface area contributed by atoms with Gasteiger partial charge in [0.1, 0.15) is 0 Å². The number of nitrogens with zero attached hydrogens (tertiary/aromatic N) is 1. The van der Waals surface area contributed by atoms with Crippen LogP contribution in [0, 0.1) is 11.8 Å². The van der Waals surface area contributed by atoms with Gasteiger partial charge in [0.05, 0.1) is 0 Å². The van der Waals surface area contributed by atoms with Crippen LogP contribution >= 0.6 is 0 Å². The van der Waals surface area contributed by atoms with Crippen molar-refractivity contribution in [1.82, 2.24) is 0 Å². The molecule has 0 N–H and O–H groups in total. The Bertz CT molecular complexity index is 287. The van der Waals surface area contributed by atoms with Crippen LogP contribution in [0.3, 0.4) is 0 Å². The lowest BCUT2D eigenvalue weighted by molar-refractivity contribution is 0.530. The van der Waals surface area contributed by atoms with Crippen LogP contribution in [-0.4, -0.2) is 13.3 Å². The van der Waals surface area contributed by atoms with E-state index in [1.165, 1.54) is 16.7 Å². The molecule has 0 fully saturated rings. The van der Waals surface area contributed by atoms with Gasteiger partial charge in [0, 0.05) is 14.7 Å². The average Bonchev–Trinajstić information content (AvgIpc) is 2.24. The van der Waals surface area contributed by atoms with Gasteiger partial charge in [-0.2, -0.15) is 0 Å². The first-order chi connectivity index (χ1) is 7.07. The first-order valence-corrected chi connectivity index (χ1v) is 5.89. The van der Waals surface area contributed by atoms with Crippen molar-refractivity contribution in [3.8, 4) is 0 Å². The van der Waals surface area contributed by atoms with Crippen molar-refractivity contribution in [2.24, 2.45) is 16.8 Å². The summed E-state index contributed by atoms with van der Waals surface area (Å²) in [5, 5.41) is 0. The van der Waals surface area contributed by atoms with Crippen LogP contribution in [0.2, 0.25) is 0 Å². The highest BCUT2D eigenvalue weighted by atomic mass is 14.6. The van der Waals surface area contributed by atoms with Crippen molar-refractivity contribution in [2.45, 2.75) is 41.5 Å². The molecule has 0 spiro atoms. The molecule has 0 saturated heterocycles. The summed E-state index contributed by atoms with van der Waals surface area (Å²) in [5.41, 5.74) is 4.20. The van der Waals surface area contributed by atoms with E-state index < -0.39 is 0 Å². The van der Waals surface area contributed by atoms with Gasteiger partial charge >= 0.3 is 0 Å². The molecule has 88 valence electrons. The molecule has 2 atom stereocenters. The minimum Gasteiger partial charge on any atom is -0.296 e. The Hall–Kier alpha value is -0.850. The summed E-state index contributed by atoms with van der Waals surface area (Å²) in [6.45, 7) is 12.9. The Morgan fingerprint density at radius 1 is 1.27 bits per heavy atom. The van der Waals surface area contributed by atoms with Gasteiger partial charge in [-0.25, -0.2) is 0 Å². The summed E-state index contributed by atoms with van der Waals surface area (Å²) < 4.78 is 0. The van der Waals surface area contributed by atoms with Gasteiger partial charge in [-0.1, -0.05) is 39.3 Å². The molecule has 0 saturated carbocycles. The van der Waals surface area contributed by atoms with E-state index >= 15 is 0 Å². The van der Waals surface area contributed by atoms with E-state index in [4.69, 9.17) is 0 Å². The molecule has 0 heterocycles. The highest BCUT2D eigenvalue weighted by molar-refractivity contribution is 5.82. The molecule has 0 aromatic carbocycles. The first-order valence-electron chi connectivity index (χ1n) is 5.89. The van der Waals surface area contributed by atoms with Crippen LogP contribution in [0.1, 0.15) is 43.0 Å². The Morgan fingerprint density at radius 3 is 2.27 bits per heavy atom. The lowest BCUT2D eigenvalue weighted by Crippen LogP contribution is -2.16. The second-order valence-electron chi connectivity index (χ2n) is 3.97. The van der Waals surface area contributed by atoms with E-state index in [0.717, 1.165) is 0 Å². The SMILES string of the molecule is CC.CN=CC1=C(C)C(C)=CC(C)C1C.[HH]. The fraction of sp³-hybridized carbons (Fsp3) is 0.643. The third-order valence-corrected chi connectivity index (χ3v) is 3.08. The van der Waals surface area contributed by atoms with Crippen LogP contribution in [0.5, 0.6) is 0 Å². The Kier molecular flexibility index (Phi) is 6.23. The van der Waals surface area contributed by atoms with Crippen molar-refractivity contribution >= 4 is 6.21 Å². The van der Waals surface area contributed by atoms with Gasteiger partial charge in [0.25, 0.3) is 0 Å². The third kappa shape index (κ3) is 3.33. The predicted octanol–water partition coefficient (Wildman–Crippen LogP) is 4.51. The zero-order valence-electron chi connectivity index (χ0n) is 11.3. The molecule has 15 heavy (non-hydrogen) atoms. The number of allylic oxidation sites excluding steroid dienone is 4. The van der Waals surface area contributed by atoms with Gasteiger partial charge in [0.2, 0.25) is 0 Å². The minimum atomic E-state index is 0. The first kappa shape index (κ1) is 14.2. The molecule has 0 aromatic heterocycles. The minimum absolute atomic E-state index is 0. The van der Waals surface area contributed by atoms with Crippen molar-refractivity contribution in [3.63, 3.8) is 0 Å². The average molecular weight is 209 g/mol. The predicted molar refractivity (Wildman–Crippen MR) is 72.7 cm³/mol. The summed E-state index contributed by atoms with van der Waals surface area (Å²) in [6, 6.07) is 0. The van der Waals surface area contributed by atoms with Crippen molar-refractivity contribution in [1.29, 1.82) is 0 Å². The van der Waals surface area contributed by atoms with Crippen molar-refractivity contribution in [2.75, 3.05) is 7.05 Å². The maximum absolute atomic E-state index is 4.12. The zero-order valence-corrected chi connectivity index (χ0v) is 11.3. The fourth-order valence-corrected chi connectivity index (χ4v) is 1.87. The van der Waals surface area contributed by atoms with Gasteiger partial charge in [-0.3, -0.25) is 4.99 Å². The maximum atomic E-state index is 4.12. The summed E-state index contributed by atoms with van der Waals surface area (Å²) in [6.07, 6.45) is 4.36. The zero-order chi connectivity index (χ0) is 12.0. The van der Waals surface area contributed by atoms with Gasteiger partial charge in [-0.15, -0.1) is 0 Å². The number of aliphatic imine (C=N–C) groups is 1. The molecule has 1 aliphatic rings. The van der Waals surface area contributed by atoms with Gasteiger partial charge < -0.3 is 0 Å². The molecule has 1 rings (SSSR count). The van der Waals surface area contributed by atoms with E-state index in [0.29, 0.717) is 11.8 Å². The third-order valence-electron chi connectivity index (χ3n) is 3.08. The Morgan fingerprint density at radius 2 is 1.80 bits per heavy atom. The number of hydrogen-bond donors (Lipinski definition) is 0. The second kappa shape index (κ2) is 6.60. The number of rotatable bonds is 1. The molecule has 0 amide bonds. The molecule has 0 bridgehead atoms. The smallest absolute Gasteiger partial charge is 0.0277 e. The molecule has 1 heteroatoms. The van der Waals surface area contributed by atoms with Crippen LogP contribution in [-0.2, 0) is 0 Å². The van der Waals surface area contributed by atoms with E-state index in [-0.39, 0.29) is 1.43 Å². The topological polar surface area (TPSA) is 12.4 Å². The lowest BCUT2D eigenvalue weighted by atomic mass is 9.79. The normalized spacial score (nSPS) is 26.2. The molecule has 2 unspecified atom stereocenters. The summed E-state index contributed by atoms with van der Waals surface area (Å²) in [7, 11) is 1.84. The maximum Gasteiger partial charge on any atom is 0.0277 e. The molecule has 0 aromatic rings. The quantitative estimate of drug-likeness (QED) is 0.563. The Labute approximate surface area is 96.5 Å². The van der Waals surface area contributed by atoms with E-state index in [1.54, 1.807) is 0 Å². The summed E-state index contributed by atoms with van der Waals surface area (Å²) >= 11 is 0. The van der Waals surface area contributed by atoms with Crippen LogP contribution in [0.15, 0.2) is 27.8 Å². The second-order valence-corrected chi connectivity index (χ2v) is 3.97. The molecule has 1 nitrogen and oxygen atoms in total. The molecular weight excluding hydrogens is 182 g/mol. The summed E-state index contributed by atoms with van der Waals surface area (Å²) in [4.78, 5) is 4.12. The molecule has 0 radical (unpaired) electrons. The van der Waals surface area contributed by atoms with Crippen LogP contribution < -0.4 is 0 Å². The van der Waals surface area contributed by atoms with Gasteiger partial charge in [-0.05, 0) is 36.8 Å². The highest BCUT2D eigenvalue weighted by Crippen LogP contribution is 2.32. The lowest BCUT2D eigenvalue weighted by Gasteiger charge is -2.26. The van der Waals surface area contributed by atoms with E-state index in [1.807, 2.05) is 27.1 Å². The van der Waals surface area contributed by atoms with E-state index in [2.05, 4.69) is 38.8 Å². The number of hydrogen-bond acceptors (Lipinski definition) is 1. The molecule has 1 aliphatic carbocycles. The summed E-state index contributed by atoms with van der Waals surface area (Å²) in [5.74, 6) is 1.24. The molecule has 0 aliphatic heterocycles. The van der Waals surface area contributed by atoms with Crippen LogP contribution in [0.4, 0.5) is 0 Å². The monoisotopic (exact) mass is 209 g/mol. The highest BCUT2D eigenvalue weighted by Gasteiger charge is 2.20. The van der Waals surface area contributed by atoms with Crippen molar-refractivity contribution in [3.05, 3.63) is 22.8 Å². The van der Waals surface area contributed by atoms with Crippen molar-refractivity contribution < 1.29 is 1.43 Å². The molecular formula is C14H27N. The fourth-order valence-electron chi connectivity index (χ4n) is 1.87. The van der Waals surface area contributed by atoms with E-state index in [9.17, 15) is 0 Å². The standard InChI is InChI=1S/C12H19N.C2H6.H2/c1-8-6-9(2)11(4)12(7-13-5)10(8)3;1-2;/h6-8,10H,1-5H3;1-2H3;1H.